The second-order valence-corrected chi connectivity index (χ2v) is 7.04. The molecule has 1 aliphatic carbocycles. The number of ether oxygens (including phenoxy) is 1. The summed E-state index contributed by atoms with van der Waals surface area (Å²) in [6, 6.07) is 0.171. The van der Waals surface area contributed by atoms with Gasteiger partial charge in [0, 0.05) is 12.5 Å². The third-order valence-electron chi connectivity index (χ3n) is 4.77. The van der Waals surface area contributed by atoms with E-state index >= 15 is 0 Å². The molecule has 0 spiro atoms. The Bertz CT molecular complexity index is 332. The SMILES string of the molecule is CC1COC(CCl)CN1C(=O)C1CCCCC1(C)C. The van der Waals surface area contributed by atoms with Crippen LogP contribution in [-0.4, -0.2) is 42.0 Å². The van der Waals surface area contributed by atoms with E-state index in [2.05, 4.69) is 20.8 Å². The van der Waals surface area contributed by atoms with Gasteiger partial charge in [-0.05, 0) is 25.2 Å². The van der Waals surface area contributed by atoms with Crippen molar-refractivity contribution in [1.29, 1.82) is 0 Å². The van der Waals surface area contributed by atoms with E-state index in [0.29, 0.717) is 24.9 Å². The molecular formula is C15H26ClNO2. The monoisotopic (exact) mass is 287 g/mol. The molecule has 1 aliphatic heterocycles. The fourth-order valence-corrected chi connectivity index (χ4v) is 3.56. The molecule has 1 heterocycles. The number of carbonyl (C=O) groups is 1. The molecule has 1 saturated carbocycles. The van der Waals surface area contributed by atoms with E-state index in [1.807, 2.05) is 4.90 Å². The van der Waals surface area contributed by atoms with E-state index in [1.165, 1.54) is 12.8 Å². The third kappa shape index (κ3) is 3.25. The summed E-state index contributed by atoms with van der Waals surface area (Å²) in [6.07, 6.45) is 4.60. The highest BCUT2D eigenvalue weighted by atomic mass is 35.5. The lowest BCUT2D eigenvalue weighted by atomic mass is 9.68. The van der Waals surface area contributed by atoms with Gasteiger partial charge < -0.3 is 9.64 Å². The van der Waals surface area contributed by atoms with Gasteiger partial charge in [-0.25, -0.2) is 0 Å². The van der Waals surface area contributed by atoms with Gasteiger partial charge in [0.25, 0.3) is 0 Å². The smallest absolute Gasteiger partial charge is 0.226 e. The van der Waals surface area contributed by atoms with Crippen molar-refractivity contribution in [3.05, 3.63) is 0 Å². The van der Waals surface area contributed by atoms with Gasteiger partial charge >= 0.3 is 0 Å². The number of morpholine rings is 1. The van der Waals surface area contributed by atoms with Gasteiger partial charge in [0.05, 0.1) is 24.6 Å². The van der Waals surface area contributed by atoms with Crippen LogP contribution in [-0.2, 0) is 9.53 Å². The minimum absolute atomic E-state index is 0.00600. The first-order chi connectivity index (χ1) is 8.95. The maximum Gasteiger partial charge on any atom is 0.226 e. The Morgan fingerprint density at radius 2 is 2.16 bits per heavy atom. The van der Waals surface area contributed by atoms with Crippen LogP contribution in [0.25, 0.3) is 0 Å². The molecule has 0 radical (unpaired) electrons. The van der Waals surface area contributed by atoms with Gasteiger partial charge in [-0.15, -0.1) is 11.6 Å². The largest absolute Gasteiger partial charge is 0.373 e. The Kier molecular flexibility index (Phi) is 4.78. The summed E-state index contributed by atoms with van der Waals surface area (Å²) in [5.74, 6) is 0.943. The summed E-state index contributed by atoms with van der Waals surface area (Å²) >= 11 is 5.88. The Morgan fingerprint density at radius 1 is 1.42 bits per heavy atom. The summed E-state index contributed by atoms with van der Waals surface area (Å²) in [5.41, 5.74) is 0.129. The lowest BCUT2D eigenvalue weighted by molar-refractivity contribution is -0.152. The van der Waals surface area contributed by atoms with Gasteiger partial charge in [0.15, 0.2) is 0 Å². The maximum absolute atomic E-state index is 12.9. The predicted octanol–water partition coefficient (Wildman–Crippen LogP) is 3.06. The molecule has 0 N–H and O–H groups in total. The van der Waals surface area contributed by atoms with Crippen molar-refractivity contribution in [1.82, 2.24) is 4.90 Å². The van der Waals surface area contributed by atoms with Gasteiger partial charge in [0.1, 0.15) is 0 Å². The number of hydrogen-bond donors (Lipinski definition) is 0. The van der Waals surface area contributed by atoms with Crippen molar-refractivity contribution in [2.75, 3.05) is 19.0 Å². The summed E-state index contributed by atoms with van der Waals surface area (Å²) in [4.78, 5) is 14.9. The second kappa shape index (κ2) is 6.01. The fraction of sp³-hybridized carbons (Fsp3) is 0.933. The Labute approximate surface area is 121 Å². The molecule has 0 aromatic heterocycles. The van der Waals surface area contributed by atoms with E-state index in [4.69, 9.17) is 16.3 Å². The Hall–Kier alpha value is -0.280. The van der Waals surface area contributed by atoms with E-state index in [9.17, 15) is 4.79 Å². The van der Waals surface area contributed by atoms with Crippen LogP contribution < -0.4 is 0 Å². The summed E-state index contributed by atoms with van der Waals surface area (Å²) in [7, 11) is 0. The Morgan fingerprint density at radius 3 is 2.79 bits per heavy atom. The molecule has 2 rings (SSSR count). The first kappa shape index (κ1) is 15.1. The second-order valence-electron chi connectivity index (χ2n) is 6.74. The Balaban J connectivity index is 2.08. The fourth-order valence-electron chi connectivity index (χ4n) is 3.37. The molecule has 2 fully saturated rings. The van der Waals surface area contributed by atoms with E-state index in [1.54, 1.807) is 0 Å². The molecule has 110 valence electrons. The van der Waals surface area contributed by atoms with Crippen LogP contribution in [0.1, 0.15) is 46.5 Å². The molecule has 19 heavy (non-hydrogen) atoms. The highest BCUT2D eigenvalue weighted by Gasteiger charge is 2.41. The van der Waals surface area contributed by atoms with Crippen molar-refractivity contribution in [2.45, 2.75) is 58.6 Å². The van der Waals surface area contributed by atoms with Crippen LogP contribution in [0, 0.1) is 11.3 Å². The predicted molar refractivity (Wildman–Crippen MR) is 77.4 cm³/mol. The molecule has 4 heteroatoms. The number of halogens is 1. The zero-order chi connectivity index (χ0) is 14.0. The van der Waals surface area contributed by atoms with Crippen molar-refractivity contribution in [3.63, 3.8) is 0 Å². The van der Waals surface area contributed by atoms with Crippen molar-refractivity contribution in [2.24, 2.45) is 11.3 Å². The van der Waals surface area contributed by atoms with E-state index in [0.717, 1.165) is 12.8 Å². The van der Waals surface area contributed by atoms with E-state index < -0.39 is 0 Å². The molecule has 0 aromatic rings. The highest BCUT2D eigenvalue weighted by molar-refractivity contribution is 6.18. The number of alkyl halides is 1. The average molecular weight is 288 g/mol. The van der Waals surface area contributed by atoms with Crippen molar-refractivity contribution >= 4 is 17.5 Å². The van der Waals surface area contributed by atoms with Crippen LogP contribution in [0.2, 0.25) is 0 Å². The van der Waals surface area contributed by atoms with Gasteiger partial charge in [-0.1, -0.05) is 26.7 Å². The highest BCUT2D eigenvalue weighted by Crippen LogP contribution is 2.41. The molecule has 1 amide bonds. The summed E-state index contributed by atoms with van der Waals surface area (Å²) in [6.45, 7) is 7.79. The average Bonchev–Trinajstić information content (AvgIpc) is 2.38. The topological polar surface area (TPSA) is 29.5 Å². The minimum atomic E-state index is -0.00600. The zero-order valence-corrected chi connectivity index (χ0v) is 13.1. The molecule has 3 atom stereocenters. The summed E-state index contributed by atoms with van der Waals surface area (Å²) in [5, 5.41) is 0. The van der Waals surface area contributed by atoms with Gasteiger partial charge in [-0.2, -0.15) is 0 Å². The first-order valence-corrected chi connectivity index (χ1v) is 7.97. The van der Waals surface area contributed by atoms with Crippen LogP contribution in [0.4, 0.5) is 0 Å². The lowest BCUT2D eigenvalue weighted by Gasteiger charge is -2.44. The molecule has 2 aliphatic rings. The lowest BCUT2D eigenvalue weighted by Crippen LogP contribution is -2.55. The number of carbonyl (C=O) groups excluding carboxylic acids is 1. The van der Waals surface area contributed by atoms with Crippen LogP contribution in [0.3, 0.4) is 0 Å². The molecular weight excluding hydrogens is 262 g/mol. The number of amides is 1. The van der Waals surface area contributed by atoms with Crippen LogP contribution in [0.5, 0.6) is 0 Å². The first-order valence-electron chi connectivity index (χ1n) is 7.44. The van der Waals surface area contributed by atoms with Gasteiger partial charge in [-0.3, -0.25) is 4.79 Å². The number of nitrogens with zero attached hydrogens (tertiary/aromatic N) is 1. The number of rotatable bonds is 2. The van der Waals surface area contributed by atoms with Crippen molar-refractivity contribution < 1.29 is 9.53 Å². The molecule has 3 nitrogen and oxygen atoms in total. The molecule has 0 aromatic carbocycles. The normalized spacial score (nSPS) is 35.2. The molecule has 0 bridgehead atoms. The van der Waals surface area contributed by atoms with E-state index in [-0.39, 0.29) is 23.5 Å². The molecule has 1 saturated heterocycles. The minimum Gasteiger partial charge on any atom is -0.373 e. The van der Waals surface area contributed by atoms with Crippen LogP contribution in [0.15, 0.2) is 0 Å². The maximum atomic E-state index is 12.9. The van der Waals surface area contributed by atoms with Crippen LogP contribution >= 0.6 is 11.6 Å². The zero-order valence-electron chi connectivity index (χ0n) is 12.3. The molecule has 3 unspecified atom stereocenters. The standard InChI is InChI=1S/C15H26ClNO2/c1-11-10-19-12(8-16)9-17(11)14(18)13-6-4-5-7-15(13,2)3/h11-13H,4-10H2,1-3H3. The van der Waals surface area contributed by atoms with Gasteiger partial charge in [0.2, 0.25) is 5.91 Å². The number of hydrogen-bond acceptors (Lipinski definition) is 2. The quantitative estimate of drug-likeness (QED) is 0.731. The summed E-state index contributed by atoms with van der Waals surface area (Å²) < 4.78 is 5.63. The van der Waals surface area contributed by atoms with Crippen molar-refractivity contribution in [3.8, 4) is 0 Å². The third-order valence-corrected chi connectivity index (χ3v) is 5.11.